The van der Waals surface area contributed by atoms with Crippen LogP contribution in [-0.2, 0) is 17.8 Å². The Kier molecular flexibility index (Phi) is 9.59. The maximum absolute atomic E-state index is 14.8. The molecule has 0 saturated carbocycles. The van der Waals surface area contributed by atoms with Crippen LogP contribution in [0.4, 0.5) is 29.2 Å². The van der Waals surface area contributed by atoms with Crippen molar-refractivity contribution >= 4 is 17.5 Å². The Morgan fingerprint density at radius 3 is 2.50 bits per heavy atom. The number of carbonyl (C=O) groups is 1. The summed E-state index contributed by atoms with van der Waals surface area (Å²) in [7, 11) is 0. The lowest BCUT2D eigenvalue weighted by molar-refractivity contribution is -0.119. The number of halogens is 4. The SMILES string of the molecule is C=C/C(=C\C(=C/C)NC(=O)Cc1ccc(-c2cnc(Nc3ccn(CCCC)c3)nc2)cc1F)C(F)(F)F. The van der Waals surface area contributed by atoms with E-state index >= 15 is 0 Å². The monoisotopic (exact) mass is 527 g/mol. The molecular weight excluding hydrogens is 498 g/mol. The van der Waals surface area contributed by atoms with Gasteiger partial charge in [-0.25, -0.2) is 14.4 Å². The molecule has 0 spiro atoms. The summed E-state index contributed by atoms with van der Waals surface area (Å²) in [5.41, 5.74) is 0.978. The number of benzene rings is 1. The number of allylic oxidation sites excluding steroid dienone is 4. The van der Waals surface area contributed by atoms with E-state index in [1.54, 1.807) is 18.5 Å². The Morgan fingerprint density at radius 1 is 1.16 bits per heavy atom. The third-order valence-electron chi connectivity index (χ3n) is 5.62. The lowest BCUT2D eigenvalue weighted by atomic mass is 10.0. The van der Waals surface area contributed by atoms with Gasteiger partial charge in [-0.1, -0.05) is 44.2 Å². The molecule has 2 N–H and O–H groups in total. The average Bonchev–Trinajstić information content (AvgIpc) is 3.33. The number of unbranched alkanes of at least 4 members (excludes halogenated alkanes) is 1. The molecule has 2 heterocycles. The Hall–Kier alpha value is -4.21. The van der Waals surface area contributed by atoms with E-state index in [0.29, 0.717) is 23.2 Å². The van der Waals surface area contributed by atoms with Crippen LogP contribution in [-0.4, -0.2) is 26.6 Å². The van der Waals surface area contributed by atoms with Gasteiger partial charge in [-0.3, -0.25) is 4.79 Å². The molecule has 0 fully saturated rings. The summed E-state index contributed by atoms with van der Waals surface area (Å²) in [6.07, 6.45) is 7.05. The summed E-state index contributed by atoms with van der Waals surface area (Å²) in [4.78, 5) is 21.0. The first-order valence-corrected chi connectivity index (χ1v) is 12.0. The molecule has 0 aliphatic rings. The molecule has 10 heteroatoms. The number of aromatic nitrogens is 3. The number of amides is 1. The first-order chi connectivity index (χ1) is 18.1. The molecular formula is C28H29F4N5O. The molecule has 2 aromatic heterocycles. The lowest BCUT2D eigenvalue weighted by Gasteiger charge is -2.11. The van der Waals surface area contributed by atoms with Gasteiger partial charge in [0.25, 0.3) is 0 Å². The highest BCUT2D eigenvalue weighted by Gasteiger charge is 2.31. The third-order valence-corrected chi connectivity index (χ3v) is 5.62. The number of nitrogens with zero attached hydrogens (tertiary/aromatic N) is 3. The van der Waals surface area contributed by atoms with Crippen molar-refractivity contribution in [1.82, 2.24) is 19.9 Å². The topological polar surface area (TPSA) is 71.8 Å². The summed E-state index contributed by atoms with van der Waals surface area (Å²) in [6.45, 7) is 7.70. The summed E-state index contributed by atoms with van der Waals surface area (Å²) < 4.78 is 55.7. The molecule has 0 aliphatic carbocycles. The molecule has 0 aliphatic heterocycles. The summed E-state index contributed by atoms with van der Waals surface area (Å²) in [5, 5.41) is 5.49. The summed E-state index contributed by atoms with van der Waals surface area (Å²) in [6, 6.07) is 6.27. The van der Waals surface area contributed by atoms with Gasteiger partial charge in [-0.05, 0) is 42.7 Å². The van der Waals surface area contributed by atoms with Gasteiger partial charge in [0.15, 0.2) is 0 Å². The number of alkyl halides is 3. The minimum atomic E-state index is -4.61. The van der Waals surface area contributed by atoms with Crippen LogP contribution in [0.3, 0.4) is 0 Å². The van der Waals surface area contributed by atoms with Crippen molar-refractivity contribution < 1.29 is 22.4 Å². The predicted octanol–water partition coefficient (Wildman–Crippen LogP) is 6.87. The Balaban J connectivity index is 1.64. The van der Waals surface area contributed by atoms with Crippen molar-refractivity contribution in [2.24, 2.45) is 0 Å². The predicted molar refractivity (Wildman–Crippen MR) is 140 cm³/mol. The molecule has 0 unspecified atom stereocenters. The second-order valence-corrected chi connectivity index (χ2v) is 8.49. The van der Waals surface area contributed by atoms with E-state index in [0.717, 1.165) is 31.1 Å². The smallest absolute Gasteiger partial charge is 0.352 e. The van der Waals surface area contributed by atoms with Crippen LogP contribution in [0, 0.1) is 5.82 Å². The lowest BCUT2D eigenvalue weighted by Crippen LogP contribution is -2.25. The van der Waals surface area contributed by atoms with Crippen LogP contribution < -0.4 is 10.6 Å². The molecule has 0 atom stereocenters. The van der Waals surface area contributed by atoms with E-state index in [1.807, 2.05) is 18.5 Å². The number of nitrogens with one attached hydrogen (secondary N) is 2. The van der Waals surface area contributed by atoms with Crippen LogP contribution in [0.2, 0.25) is 0 Å². The normalized spacial score (nSPS) is 12.4. The van der Waals surface area contributed by atoms with Crippen molar-refractivity contribution in [2.75, 3.05) is 5.32 Å². The van der Waals surface area contributed by atoms with Crippen LogP contribution >= 0.6 is 0 Å². The van der Waals surface area contributed by atoms with Gasteiger partial charge >= 0.3 is 6.18 Å². The van der Waals surface area contributed by atoms with E-state index in [1.165, 1.54) is 25.1 Å². The van der Waals surface area contributed by atoms with E-state index < -0.39 is 23.5 Å². The molecule has 1 amide bonds. The molecule has 0 bridgehead atoms. The highest BCUT2D eigenvalue weighted by atomic mass is 19.4. The molecule has 200 valence electrons. The van der Waals surface area contributed by atoms with Crippen molar-refractivity contribution in [3.63, 3.8) is 0 Å². The maximum Gasteiger partial charge on any atom is 0.416 e. The summed E-state index contributed by atoms with van der Waals surface area (Å²) >= 11 is 0. The fourth-order valence-corrected chi connectivity index (χ4v) is 3.53. The molecule has 1 aromatic carbocycles. The van der Waals surface area contributed by atoms with Gasteiger partial charge in [0, 0.05) is 42.6 Å². The number of carbonyl (C=O) groups excluding carboxylic acids is 1. The number of anilines is 2. The van der Waals surface area contributed by atoms with Crippen molar-refractivity contribution in [1.29, 1.82) is 0 Å². The zero-order chi connectivity index (χ0) is 27.7. The van der Waals surface area contributed by atoms with Crippen LogP contribution in [0.1, 0.15) is 32.3 Å². The maximum atomic E-state index is 14.8. The van der Waals surface area contributed by atoms with Crippen LogP contribution in [0.15, 0.2) is 85.1 Å². The van der Waals surface area contributed by atoms with Crippen molar-refractivity contribution in [3.05, 3.63) is 96.5 Å². The first kappa shape index (κ1) is 28.4. The van der Waals surface area contributed by atoms with E-state index in [4.69, 9.17) is 0 Å². The van der Waals surface area contributed by atoms with Gasteiger partial charge in [-0.2, -0.15) is 13.2 Å². The highest BCUT2D eigenvalue weighted by Crippen LogP contribution is 2.27. The molecule has 3 rings (SSSR count). The second-order valence-electron chi connectivity index (χ2n) is 8.49. The zero-order valence-corrected chi connectivity index (χ0v) is 21.1. The van der Waals surface area contributed by atoms with E-state index in [9.17, 15) is 22.4 Å². The van der Waals surface area contributed by atoms with Gasteiger partial charge in [0.05, 0.1) is 17.7 Å². The van der Waals surface area contributed by atoms with E-state index in [2.05, 4.69) is 38.7 Å². The molecule has 0 radical (unpaired) electrons. The van der Waals surface area contributed by atoms with Crippen molar-refractivity contribution in [3.8, 4) is 11.1 Å². The van der Waals surface area contributed by atoms with Crippen LogP contribution in [0.5, 0.6) is 0 Å². The van der Waals surface area contributed by atoms with Gasteiger partial charge in [-0.15, -0.1) is 0 Å². The summed E-state index contributed by atoms with van der Waals surface area (Å²) in [5.74, 6) is -0.892. The second kappa shape index (κ2) is 12.8. The Bertz CT molecular complexity index is 1320. The average molecular weight is 528 g/mol. The molecule has 0 saturated heterocycles. The molecule has 3 aromatic rings. The molecule has 38 heavy (non-hydrogen) atoms. The van der Waals surface area contributed by atoms with Gasteiger partial charge in [0.2, 0.25) is 11.9 Å². The van der Waals surface area contributed by atoms with Gasteiger partial charge < -0.3 is 15.2 Å². The fraction of sp³-hybridized carbons (Fsp3) is 0.250. The number of rotatable bonds is 11. The standard InChI is InChI=1S/C28H29F4N5O/c1-4-7-11-37-12-10-24(18-37)36-27-33-16-21(17-34-27)19-8-9-20(25(29)13-19)14-26(38)35-23(6-3)15-22(5-2)28(30,31)32/h5-6,8-10,12-13,15-18H,2,4,7,11,14H2,1,3H3,(H,35,38)(H,33,34,36)/b22-15+,23-6+. The number of aryl methyl sites for hydroxylation is 1. The van der Waals surface area contributed by atoms with Crippen molar-refractivity contribution in [2.45, 2.75) is 45.8 Å². The first-order valence-electron chi connectivity index (χ1n) is 12.0. The number of hydrogen-bond acceptors (Lipinski definition) is 4. The Morgan fingerprint density at radius 2 is 1.89 bits per heavy atom. The minimum absolute atomic E-state index is 0.0670. The Labute approximate surface area is 218 Å². The molecule has 6 nitrogen and oxygen atoms in total. The van der Waals surface area contributed by atoms with E-state index in [-0.39, 0.29) is 17.7 Å². The number of hydrogen-bond donors (Lipinski definition) is 2. The largest absolute Gasteiger partial charge is 0.416 e. The fourth-order valence-electron chi connectivity index (χ4n) is 3.53. The quantitative estimate of drug-likeness (QED) is 0.211. The van der Waals surface area contributed by atoms with Gasteiger partial charge in [0.1, 0.15) is 5.82 Å². The minimum Gasteiger partial charge on any atom is -0.352 e. The highest BCUT2D eigenvalue weighted by molar-refractivity contribution is 5.81. The zero-order valence-electron chi connectivity index (χ0n) is 21.1. The third kappa shape index (κ3) is 7.89. The van der Waals surface area contributed by atoms with Crippen LogP contribution in [0.25, 0.3) is 11.1 Å².